The molecule has 0 spiro atoms. The van der Waals surface area contributed by atoms with Crippen LogP contribution in [-0.4, -0.2) is 29.6 Å². The van der Waals surface area contributed by atoms with E-state index in [1.54, 1.807) is 0 Å². The van der Waals surface area contributed by atoms with Crippen LogP contribution in [0.4, 0.5) is 0 Å². The van der Waals surface area contributed by atoms with Gasteiger partial charge in [0, 0.05) is 12.1 Å². The highest BCUT2D eigenvalue weighted by molar-refractivity contribution is 7.79. The minimum atomic E-state index is -4.67. The average Bonchev–Trinajstić information content (AvgIpc) is 2.47. The maximum Gasteiger partial charge on any atom is 0.394 e. The molecule has 8 heteroatoms. The number of rotatable bonds is 4. The summed E-state index contributed by atoms with van der Waals surface area (Å²) in [6, 6.07) is 21.1. The molecule has 0 aliphatic heterocycles. The van der Waals surface area contributed by atoms with Gasteiger partial charge in [0.05, 0.1) is 0 Å². The molecule has 0 saturated carbocycles. The molecule has 2 rings (SSSR count). The summed E-state index contributed by atoms with van der Waals surface area (Å²) < 4.78 is 31.6. The zero-order valence-corrected chi connectivity index (χ0v) is 16.7. The summed E-state index contributed by atoms with van der Waals surface area (Å²) in [7, 11) is -4.67. The van der Waals surface area contributed by atoms with Gasteiger partial charge in [-0.05, 0) is 37.8 Å². The Morgan fingerprint density at radius 3 is 1.19 bits per heavy atom. The highest BCUT2D eigenvalue weighted by atomic mass is 35.5. The van der Waals surface area contributed by atoms with E-state index in [-0.39, 0.29) is 24.5 Å². The first-order chi connectivity index (χ1) is 11.6. The molecular weight excluding hydrogens is 376 g/mol. The predicted octanol–water partition coefficient (Wildman–Crippen LogP) is 2.92. The highest BCUT2D eigenvalue weighted by Gasteiger charge is 1.95. The van der Waals surface area contributed by atoms with E-state index in [1.165, 1.54) is 11.1 Å². The van der Waals surface area contributed by atoms with Gasteiger partial charge in [-0.2, -0.15) is 8.42 Å². The molecule has 26 heavy (non-hydrogen) atoms. The molecule has 148 valence electrons. The molecule has 0 radical (unpaired) electrons. The summed E-state index contributed by atoms with van der Waals surface area (Å²) in [4.78, 5) is 0. The number of hydrogen-bond donors (Lipinski definition) is 4. The fraction of sp³-hybridized carbons (Fsp3) is 0.333. The minimum absolute atomic E-state index is 0. The Hall–Kier alpha value is -1.48. The Kier molecular flexibility index (Phi) is 15.1. The smallest absolute Gasteiger partial charge is 0.328 e. The number of halogens is 1. The van der Waals surface area contributed by atoms with Gasteiger partial charge in [0.1, 0.15) is 0 Å². The van der Waals surface area contributed by atoms with Crippen LogP contribution in [0.1, 0.15) is 25.0 Å². The maximum absolute atomic E-state index is 8.74. The second kappa shape index (κ2) is 14.7. The highest BCUT2D eigenvalue weighted by Crippen LogP contribution is 2.01. The van der Waals surface area contributed by atoms with Crippen LogP contribution in [0.5, 0.6) is 0 Å². The summed E-state index contributed by atoms with van der Waals surface area (Å²) in [5.41, 5.74) is 13.9. The molecule has 0 fully saturated rings. The third-order valence-electron chi connectivity index (χ3n) is 2.80. The molecule has 0 aliphatic rings. The Morgan fingerprint density at radius 1 is 0.769 bits per heavy atom. The lowest BCUT2D eigenvalue weighted by molar-refractivity contribution is 0.381. The Labute approximate surface area is 162 Å². The van der Waals surface area contributed by atoms with Crippen molar-refractivity contribution >= 4 is 22.8 Å². The molecule has 0 heterocycles. The van der Waals surface area contributed by atoms with Crippen LogP contribution in [0.3, 0.4) is 0 Å². The van der Waals surface area contributed by atoms with Crippen molar-refractivity contribution < 1.29 is 17.5 Å². The fourth-order valence-corrected chi connectivity index (χ4v) is 1.97. The van der Waals surface area contributed by atoms with E-state index >= 15 is 0 Å². The number of benzene rings is 2. The Balaban J connectivity index is 0. The lowest BCUT2D eigenvalue weighted by Crippen LogP contribution is -2.17. The van der Waals surface area contributed by atoms with E-state index < -0.39 is 10.4 Å². The molecule has 0 unspecified atom stereocenters. The van der Waals surface area contributed by atoms with Crippen molar-refractivity contribution in [3.05, 3.63) is 71.8 Å². The maximum atomic E-state index is 8.74. The summed E-state index contributed by atoms with van der Waals surface area (Å²) in [6.45, 7) is 4.04. The molecule has 0 bridgehead atoms. The van der Waals surface area contributed by atoms with Crippen molar-refractivity contribution in [3.8, 4) is 0 Å². The van der Waals surface area contributed by atoms with Gasteiger partial charge in [0.15, 0.2) is 0 Å². The van der Waals surface area contributed by atoms with Crippen molar-refractivity contribution in [2.75, 3.05) is 0 Å². The van der Waals surface area contributed by atoms with Gasteiger partial charge in [-0.25, -0.2) is 0 Å². The summed E-state index contributed by atoms with van der Waals surface area (Å²) in [5, 5.41) is 0. The largest absolute Gasteiger partial charge is 0.394 e. The third-order valence-corrected chi connectivity index (χ3v) is 2.80. The van der Waals surface area contributed by atoms with Gasteiger partial charge in [-0.1, -0.05) is 60.7 Å². The first-order valence-electron chi connectivity index (χ1n) is 7.86. The molecule has 2 atom stereocenters. The summed E-state index contributed by atoms with van der Waals surface area (Å²) >= 11 is 0. The van der Waals surface area contributed by atoms with Gasteiger partial charge in [0.25, 0.3) is 0 Å². The van der Waals surface area contributed by atoms with Gasteiger partial charge in [-0.15, -0.1) is 12.4 Å². The van der Waals surface area contributed by atoms with Crippen molar-refractivity contribution in [1.29, 1.82) is 0 Å². The van der Waals surface area contributed by atoms with E-state index in [2.05, 4.69) is 24.3 Å². The van der Waals surface area contributed by atoms with Crippen LogP contribution < -0.4 is 11.5 Å². The molecule has 0 amide bonds. The fourth-order valence-electron chi connectivity index (χ4n) is 1.97. The van der Waals surface area contributed by atoms with E-state index in [4.69, 9.17) is 29.0 Å². The molecule has 2 aromatic rings. The molecule has 0 saturated heterocycles. The molecule has 6 nitrogen and oxygen atoms in total. The second-order valence-corrected chi connectivity index (χ2v) is 6.68. The predicted molar refractivity (Wildman–Crippen MR) is 109 cm³/mol. The number of nitrogens with two attached hydrogens (primary N) is 2. The normalized spacial score (nSPS) is 12.2. The standard InChI is InChI=1S/2C9H13N.ClH.H2O4S/c2*1-8(10)7-9-5-3-2-4-6-9;;1-5(2,3)4/h2*2-6,8H,7,10H2,1H3;1H;(H2,1,2,3,4)/t2*8-;;/m00../s1. The van der Waals surface area contributed by atoms with Crippen LogP contribution in [0.15, 0.2) is 60.7 Å². The lowest BCUT2D eigenvalue weighted by atomic mass is 10.1. The van der Waals surface area contributed by atoms with Gasteiger partial charge in [0.2, 0.25) is 0 Å². The summed E-state index contributed by atoms with van der Waals surface area (Å²) in [6.07, 6.45) is 1.95. The van der Waals surface area contributed by atoms with Crippen LogP contribution in [0.2, 0.25) is 0 Å². The summed E-state index contributed by atoms with van der Waals surface area (Å²) in [5.74, 6) is 0. The molecule has 6 N–H and O–H groups in total. The monoisotopic (exact) mass is 404 g/mol. The second-order valence-electron chi connectivity index (χ2n) is 5.78. The van der Waals surface area contributed by atoms with Gasteiger partial charge >= 0.3 is 10.4 Å². The first-order valence-corrected chi connectivity index (χ1v) is 9.26. The quantitative estimate of drug-likeness (QED) is 0.580. The third kappa shape index (κ3) is 20.6. The van der Waals surface area contributed by atoms with Crippen molar-refractivity contribution in [2.45, 2.75) is 38.8 Å². The first kappa shape index (κ1) is 26.7. The number of hydrogen-bond acceptors (Lipinski definition) is 4. The molecular formula is C18H29ClN2O4S. The van der Waals surface area contributed by atoms with E-state index in [9.17, 15) is 0 Å². The SMILES string of the molecule is C[C@H](N)Cc1ccccc1.C[C@H](N)Cc1ccccc1.Cl.O=S(=O)(O)O. The van der Waals surface area contributed by atoms with Crippen LogP contribution in [-0.2, 0) is 23.2 Å². The topological polar surface area (TPSA) is 127 Å². The molecule has 0 aromatic heterocycles. The van der Waals surface area contributed by atoms with Gasteiger partial charge in [-0.3, -0.25) is 9.11 Å². The van der Waals surface area contributed by atoms with Crippen LogP contribution in [0, 0.1) is 0 Å². The minimum Gasteiger partial charge on any atom is -0.328 e. The van der Waals surface area contributed by atoms with Crippen LogP contribution in [0.25, 0.3) is 0 Å². The average molecular weight is 405 g/mol. The molecule has 2 aromatic carbocycles. The van der Waals surface area contributed by atoms with Crippen LogP contribution >= 0.6 is 12.4 Å². The van der Waals surface area contributed by atoms with E-state index in [1.807, 2.05) is 50.2 Å². The van der Waals surface area contributed by atoms with Gasteiger partial charge < -0.3 is 11.5 Å². The van der Waals surface area contributed by atoms with Crippen molar-refractivity contribution in [1.82, 2.24) is 0 Å². The molecule has 0 aliphatic carbocycles. The Morgan fingerprint density at radius 2 is 1.00 bits per heavy atom. The van der Waals surface area contributed by atoms with E-state index in [0.29, 0.717) is 0 Å². The Bertz CT molecular complexity index is 613. The lowest BCUT2D eigenvalue weighted by Gasteiger charge is -2.02. The van der Waals surface area contributed by atoms with E-state index in [0.717, 1.165) is 12.8 Å². The zero-order valence-electron chi connectivity index (χ0n) is 15.0. The van der Waals surface area contributed by atoms with Crippen molar-refractivity contribution in [3.63, 3.8) is 0 Å². The van der Waals surface area contributed by atoms with Crippen molar-refractivity contribution in [2.24, 2.45) is 11.5 Å². The zero-order chi connectivity index (χ0) is 19.3.